The molecule has 1 amide bonds. The first-order chi connectivity index (χ1) is 11.1. The normalized spacial score (nSPS) is 10.5. The van der Waals surface area contributed by atoms with Crippen molar-refractivity contribution in [1.29, 1.82) is 0 Å². The van der Waals surface area contributed by atoms with Crippen LogP contribution in [0.1, 0.15) is 16.8 Å². The fraction of sp³-hybridized carbons (Fsp3) is 0.158. The summed E-state index contributed by atoms with van der Waals surface area (Å²) in [6, 6.07) is 15.5. The minimum atomic E-state index is -0.105. The zero-order valence-electron chi connectivity index (χ0n) is 13.2. The molecule has 4 nitrogen and oxygen atoms in total. The van der Waals surface area contributed by atoms with E-state index in [1.165, 1.54) is 6.26 Å². The van der Waals surface area contributed by atoms with Crippen LogP contribution in [0.2, 0.25) is 0 Å². The van der Waals surface area contributed by atoms with Gasteiger partial charge in [0.25, 0.3) is 0 Å². The van der Waals surface area contributed by atoms with Crippen molar-refractivity contribution >= 4 is 11.6 Å². The predicted molar refractivity (Wildman–Crippen MR) is 90.2 cm³/mol. The van der Waals surface area contributed by atoms with Gasteiger partial charge in [0.05, 0.1) is 12.1 Å². The van der Waals surface area contributed by atoms with Gasteiger partial charge in [-0.15, -0.1) is 0 Å². The number of aromatic nitrogens is 1. The number of oxazole rings is 1. The Morgan fingerprint density at radius 3 is 2.65 bits per heavy atom. The monoisotopic (exact) mass is 306 g/mol. The van der Waals surface area contributed by atoms with Gasteiger partial charge in [-0.3, -0.25) is 4.79 Å². The third kappa shape index (κ3) is 3.48. The molecule has 4 heteroatoms. The molecule has 0 atom stereocenters. The molecule has 0 bridgehead atoms. The van der Waals surface area contributed by atoms with Crippen molar-refractivity contribution in [1.82, 2.24) is 4.98 Å². The maximum atomic E-state index is 12.2. The van der Waals surface area contributed by atoms with Crippen molar-refractivity contribution in [3.63, 3.8) is 0 Å². The molecule has 1 heterocycles. The minimum Gasteiger partial charge on any atom is -0.444 e. The van der Waals surface area contributed by atoms with Gasteiger partial charge in [0.15, 0.2) is 0 Å². The number of nitrogens with zero attached hydrogens (tertiary/aromatic N) is 1. The van der Waals surface area contributed by atoms with E-state index in [9.17, 15) is 4.79 Å². The van der Waals surface area contributed by atoms with Crippen molar-refractivity contribution in [3.05, 3.63) is 71.6 Å². The molecule has 0 spiro atoms. The molecule has 1 aromatic heterocycles. The van der Waals surface area contributed by atoms with Crippen molar-refractivity contribution < 1.29 is 9.21 Å². The number of hydrogen-bond donors (Lipinski definition) is 1. The highest BCUT2D eigenvalue weighted by Crippen LogP contribution is 2.20. The van der Waals surface area contributed by atoms with Crippen LogP contribution in [0, 0.1) is 13.8 Å². The van der Waals surface area contributed by atoms with Gasteiger partial charge < -0.3 is 9.73 Å². The van der Waals surface area contributed by atoms with E-state index in [0.717, 1.165) is 22.4 Å². The van der Waals surface area contributed by atoms with Gasteiger partial charge in [-0.25, -0.2) is 4.98 Å². The largest absolute Gasteiger partial charge is 0.444 e. The molecule has 3 aromatic rings. The zero-order valence-corrected chi connectivity index (χ0v) is 13.2. The predicted octanol–water partition coefficient (Wildman–Crippen LogP) is 4.14. The van der Waals surface area contributed by atoms with Crippen LogP contribution in [0.25, 0.3) is 11.5 Å². The summed E-state index contributed by atoms with van der Waals surface area (Å²) in [6.07, 6.45) is 1.72. The van der Waals surface area contributed by atoms with Gasteiger partial charge >= 0.3 is 0 Å². The summed E-state index contributed by atoms with van der Waals surface area (Å²) in [5.74, 6) is 0.423. The summed E-state index contributed by atoms with van der Waals surface area (Å²) in [7, 11) is 0. The maximum Gasteiger partial charge on any atom is 0.230 e. The van der Waals surface area contributed by atoms with E-state index < -0.39 is 0 Å². The highest BCUT2D eigenvalue weighted by molar-refractivity contribution is 5.92. The Labute approximate surface area is 135 Å². The molecule has 3 rings (SSSR count). The first-order valence-electron chi connectivity index (χ1n) is 7.49. The summed E-state index contributed by atoms with van der Waals surface area (Å²) in [6.45, 7) is 4.02. The fourth-order valence-electron chi connectivity index (χ4n) is 2.35. The van der Waals surface area contributed by atoms with Gasteiger partial charge in [-0.05, 0) is 43.2 Å². The summed E-state index contributed by atoms with van der Waals surface area (Å²) in [5, 5.41) is 2.93. The molecule has 23 heavy (non-hydrogen) atoms. The number of carbonyl (C=O) groups excluding carboxylic acids is 1. The summed E-state index contributed by atoms with van der Waals surface area (Å²) in [5.41, 5.74) is 4.57. The van der Waals surface area contributed by atoms with Gasteiger partial charge in [0, 0.05) is 11.3 Å². The summed E-state index contributed by atoms with van der Waals surface area (Å²) in [4.78, 5) is 16.6. The number of aryl methyl sites for hydroxylation is 1. The van der Waals surface area contributed by atoms with Crippen molar-refractivity contribution in [2.45, 2.75) is 20.3 Å². The molecule has 0 aliphatic rings. The zero-order chi connectivity index (χ0) is 16.2. The molecule has 0 radical (unpaired) electrons. The van der Waals surface area contributed by atoms with Crippen LogP contribution in [0.4, 0.5) is 5.69 Å². The molecule has 0 aliphatic carbocycles. The van der Waals surface area contributed by atoms with Crippen molar-refractivity contribution in [2.24, 2.45) is 0 Å². The average molecular weight is 306 g/mol. The SMILES string of the molecule is Cc1cccc(NC(=O)Cc2coc(-c3ccccc3)n2)c1C. The number of hydrogen-bond acceptors (Lipinski definition) is 3. The number of rotatable bonds is 4. The van der Waals surface area contributed by atoms with E-state index >= 15 is 0 Å². The lowest BCUT2D eigenvalue weighted by Crippen LogP contribution is -2.15. The van der Waals surface area contributed by atoms with Crippen LogP contribution in [-0.2, 0) is 11.2 Å². The van der Waals surface area contributed by atoms with Crippen molar-refractivity contribution in [3.8, 4) is 11.5 Å². The molecule has 0 saturated carbocycles. The summed E-state index contributed by atoms with van der Waals surface area (Å²) < 4.78 is 5.45. The molecule has 0 saturated heterocycles. The van der Waals surface area contributed by atoms with Crippen molar-refractivity contribution in [2.75, 3.05) is 5.32 Å². The second kappa shape index (κ2) is 6.48. The Morgan fingerprint density at radius 1 is 1.09 bits per heavy atom. The highest BCUT2D eigenvalue weighted by Gasteiger charge is 2.11. The Bertz CT molecular complexity index is 822. The molecule has 0 unspecified atom stereocenters. The van der Waals surface area contributed by atoms with Gasteiger partial charge in [-0.2, -0.15) is 0 Å². The quantitative estimate of drug-likeness (QED) is 0.788. The third-order valence-electron chi connectivity index (χ3n) is 3.79. The third-order valence-corrected chi connectivity index (χ3v) is 3.79. The second-order valence-corrected chi connectivity index (χ2v) is 5.48. The van der Waals surface area contributed by atoms with Crippen LogP contribution in [0.5, 0.6) is 0 Å². The molecular weight excluding hydrogens is 288 g/mol. The fourth-order valence-corrected chi connectivity index (χ4v) is 2.35. The van der Waals surface area contributed by atoms with E-state index in [0.29, 0.717) is 11.6 Å². The first-order valence-corrected chi connectivity index (χ1v) is 7.49. The molecular formula is C19H18N2O2. The number of carbonyl (C=O) groups is 1. The minimum absolute atomic E-state index is 0.105. The van der Waals surface area contributed by atoms with Gasteiger partial charge in [0.2, 0.25) is 11.8 Å². The molecule has 2 aromatic carbocycles. The lowest BCUT2D eigenvalue weighted by Gasteiger charge is -2.09. The highest BCUT2D eigenvalue weighted by atomic mass is 16.3. The number of anilines is 1. The summed E-state index contributed by atoms with van der Waals surface area (Å²) >= 11 is 0. The Kier molecular flexibility index (Phi) is 4.24. The lowest BCUT2D eigenvalue weighted by atomic mass is 10.1. The Hall–Kier alpha value is -2.88. The topological polar surface area (TPSA) is 55.1 Å². The first kappa shape index (κ1) is 15.0. The molecule has 1 N–H and O–H groups in total. The van der Waals surface area contributed by atoms with Crippen LogP contribution >= 0.6 is 0 Å². The van der Waals surface area contributed by atoms with Crippen LogP contribution in [-0.4, -0.2) is 10.9 Å². The van der Waals surface area contributed by atoms with E-state index in [1.807, 2.05) is 62.4 Å². The smallest absolute Gasteiger partial charge is 0.230 e. The van der Waals surface area contributed by atoms with E-state index in [4.69, 9.17) is 4.42 Å². The molecule has 0 aliphatic heterocycles. The molecule has 116 valence electrons. The van der Waals surface area contributed by atoms with Gasteiger partial charge in [0.1, 0.15) is 6.26 Å². The average Bonchev–Trinajstić information content (AvgIpc) is 3.01. The maximum absolute atomic E-state index is 12.2. The van der Waals surface area contributed by atoms with Crippen LogP contribution in [0.15, 0.2) is 59.2 Å². The number of amides is 1. The van der Waals surface area contributed by atoms with E-state index in [2.05, 4.69) is 10.3 Å². The van der Waals surface area contributed by atoms with E-state index in [-0.39, 0.29) is 12.3 Å². The Morgan fingerprint density at radius 2 is 1.87 bits per heavy atom. The molecule has 0 fully saturated rings. The van der Waals surface area contributed by atoms with Gasteiger partial charge in [-0.1, -0.05) is 30.3 Å². The second-order valence-electron chi connectivity index (χ2n) is 5.48. The van der Waals surface area contributed by atoms with Crippen LogP contribution in [0.3, 0.4) is 0 Å². The van der Waals surface area contributed by atoms with Crippen LogP contribution < -0.4 is 5.32 Å². The Balaban J connectivity index is 1.69. The standard InChI is InChI=1S/C19H18N2O2/c1-13-7-6-10-17(14(13)2)21-18(22)11-16-12-23-19(20-16)15-8-4-3-5-9-15/h3-10,12H,11H2,1-2H3,(H,21,22). The number of benzene rings is 2. The number of nitrogens with one attached hydrogen (secondary N) is 1. The lowest BCUT2D eigenvalue weighted by molar-refractivity contribution is -0.115. The van der Waals surface area contributed by atoms with E-state index in [1.54, 1.807) is 0 Å².